The summed E-state index contributed by atoms with van der Waals surface area (Å²) in [5, 5.41) is 24.3. The molecule has 2 aliphatic rings. The molecule has 0 amide bonds. The lowest BCUT2D eigenvalue weighted by atomic mass is 9.70. The van der Waals surface area contributed by atoms with Gasteiger partial charge < -0.3 is 15.2 Å². The summed E-state index contributed by atoms with van der Waals surface area (Å²) in [7, 11) is 0. The van der Waals surface area contributed by atoms with E-state index in [1.54, 1.807) is 18.5 Å². The summed E-state index contributed by atoms with van der Waals surface area (Å²) in [5.41, 5.74) is -0.167. The Morgan fingerprint density at radius 2 is 2.03 bits per heavy atom. The van der Waals surface area contributed by atoms with Gasteiger partial charge >= 0.3 is 0 Å². The van der Waals surface area contributed by atoms with Crippen molar-refractivity contribution in [1.82, 2.24) is 24.9 Å². The van der Waals surface area contributed by atoms with Crippen molar-refractivity contribution in [3.05, 3.63) is 52.9 Å². The van der Waals surface area contributed by atoms with Crippen molar-refractivity contribution in [2.24, 2.45) is 0 Å². The molecule has 2 N–H and O–H groups in total. The van der Waals surface area contributed by atoms with Crippen LogP contribution in [0.1, 0.15) is 44.4 Å². The van der Waals surface area contributed by atoms with Gasteiger partial charge in [0.1, 0.15) is 11.2 Å². The molecule has 3 aromatic rings. The molecule has 0 bridgehead atoms. The first-order valence-electron chi connectivity index (χ1n) is 10.4. The number of rotatable bonds is 6. The van der Waals surface area contributed by atoms with Crippen LogP contribution >= 0.6 is 0 Å². The molecule has 5 rings (SSSR count). The van der Waals surface area contributed by atoms with E-state index in [9.17, 15) is 10.1 Å². The van der Waals surface area contributed by atoms with E-state index in [0.29, 0.717) is 17.5 Å². The van der Waals surface area contributed by atoms with Gasteiger partial charge in [-0.05, 0) is 61.9 Å². The minimum absolute atomic E-state index is 0.197. The summed E-state index contributed by atoms with van der Waals surface area (Å²) in [6.07, 6.45) is 8.60. The maximum Gasteiger partial charge on any atom is 0.271 e. The number of nitriles is 1. The topological polar surface area (TPSA) is 135 Å². The van der Waals surface area contributed by atoms with E-state index in [-0.39, 0.29) is 17.6 Å². The highest BCUT2D eigenvalue weighted by Crippen LogP contribution is 2.42. The molecule has 2 aliphatic carbocycles. The molecule has 0 saturated heterocycles. The average Bonchev–Trinajstić information content (AvgIpc) is 3.39. The molecule has 10 heteroatoms. The van der Waals surface area contributed by atoms with Crippen molar-refractivity contribution in [3.8, 4) is 11.8 Å². The third kappa shape index (κ3) is 3.74. The molecule has 0 spiro atoms. The van der Waals surface area contributed by atoms with E-state index in [4.69, 9.17) is 4.52 Å². The van der Waals surface area contributed by atoms with Crippen LogP contribution in [0.25, 0.3) is 5.69 Å². The highest BCUT2D eigenvalue weighted by atomic mass is 16.5. The molecule has 0 aliphatic heterocycles. The van der Waals surface area contributed by atoms with E-state index in [1.165, 1.54) is 10.7 Å². The van der Waals surface area contributed by atoms with Crippen LogP contribution in [-0.4, -0.2) is 37.0 Å². The van der Waals surface area contributed by atoms with Crippen molar-refractivity contribution in [1.29, 1.82) is 5.26 Å². The Kier molecular flexibility index (Phi) is 4.86. The first kappa shape index (κ1) is 19.2. The largest absolute Gasteiger partial charge is 0.367 e. The van der Waals surface area contributed by atoms with Crippen molar-refractivity contribution in [2.75, 3.05) is 10.6 Å². The molecule has 31 heavy (non-hydrogen) atoms. The number of aromatic nitrogens is 5. The lowest BCUT2D eigenvalue weighted by molar-refractivity contribution is 0.232. The standard InChI is InChI=1S/C21H22N8O2/c22-13-21(8-2-9-21)19-27-20(28-31-19)26-15-5-4-14(11-15)25-17-7-6-16(12-23-17)29-18(30)3-1-10-24-29/h1,3,6-7,10,12,14-15H,2,4-5,8-9,11H2,(H,23,25)(H,26,28)/t14-,15-/m0/s1. The molecule has 10 nitrogen and oxygen atoms in total. The summed E-state index contributed by atoms with van der Waals surface area (Å²) in [6, 6.07) is 9.54. The van der Waals surface area contributed by atoms with Crippen LogP contribution in [0.2, 0.25) is 0 Å². The molecule has 2 atom stereocenters. The Hall–Kier alpha value is -3.74. The SMILES string of the molecule is N#CC1(c2nc(N[C@H]3CC[C@H](Nc4ccc(-n5ncccc5=O)cn4)C3)no2)CCC1. The first-order valence-corrected chi connectivity index (χ1v) is 10.4. The molecular weight excluding hydrogens is 396 g/mol. The smallest absolute Gasteiger partial charge is 0.271 e. The molecule has 0 radical (unpaired) electrons. The zero-order valence-electron chi connectivity index (χ0n) is 16.9. The number of nitrogens with one attached hydrogen (secondary N) is 2. The van der Waals surface area contributed by atoms with Gasteiger partial charge in [-0.25, -0.2) is 4.98 Å². The Labute approximate surface area is 178 Å². The molecule has 3 heterocycles. The monoisotopic (exact) mass is 418 g/mol. The van der Waals surface area contributed by atoms with Gasteiger partial charge in [0, 0.05) is 24.3 Å². The number of anilines is 2. The summed E-state index contributed by atoms with van der Waals surface area (Å²) in [4.78, 5) is 20.7. The molecule has 0 aromatic carbocycles. The molecular formula is C21H22N8O2. The number of hydrogen-bond acceptors (Lipinski definition) is 9. The quantitative estimate of drug-likeness (QED) is 0.618. The van der Waals surface area contributed by atoms with Gasteiger partial charge in [0.05, 0.1) is 18.0 Å². The third-order valence-electron chi connectivity index (χ3n) is 6.08. The lowest BCUT2D eigenvalue weighted by Crippen LogP contribution is -2.32. The van der Waals surface area contributed by atoms with Crippen molar-refractivity contribution < 1.29 is 4.52 Å². The van der Waals surface area contributed by atoms with Crippen molar-refractivity contribution >= 4 is 11.8 Å². The van der Waals surface area contributed by atoms with E-state index >= 15 is 0 Å². The summed E-state index contributed by atoms with van der Waals surface area (Å²) in [5.74, 6) is 1.62. The minimum Gasteiger partial charge on any atom is -0.367 e. The van der Waals surface area contributed by atoms with Crippen LogP contribution in [0.5, 0.6) is 0 Å². The fourth-order valence-electron chi connectivity index (χ4n) is 4.16. The van der Waals surface area contributed by atoms with Crippen LogP contribution in [0.15, 0.2) is 46.0 Å². The van der Waals surface area contributed by atoms with Gasteiger partial charge in [-0.1, -0.05) is 0 Å². The molecule has 2 fully saturated rings. The summed E-state index contributed by atoms with van der Waals surface area (Å²) < 4.78 is 6.66. The Balaban J connectivity index is 1.17. The normalized spacial score (nSPS) is 21.8. The zero-order valence-corrected chi connectivity index (χ0v) is 16.9. The van der Waals surface area contributed by atoms with Gasteiger partial charge in [0.15, 0.2) is 0 Å². The highest BCUT2D eigenvalue weighted by molar-refractivity contribution is 5.41. The van der Waals surface area contributed by atoms with Crippen LogP contribution in [0, 0.1) is 11.3 Å². The molecule has 3 aromatic heterocycles. The van der Waals surface area contributed by atoms with E-state index in [1.807, 2.05) is 12.1 Å². The van der Waals surface area contributed by atoms with Gasteiger partial charge in [0.25, 0.3) is 11.5 Å². The van der Waals surface area contributed by atoms with Gasteiger partial charge in [-0.2, -0.15) is 20.0 Å². The second kappa shape index (κ2) is 7.83. The van der Waals surface area contributed by atoms with Gasteiger partial charge in [-0.3, -0.25) is 4.79 Å². The van der Waals surface area contributed by atoms with Gasteiger partial charge in [-0.15, -0.1) is 0 Å². The van der Waals surface area contributed by atoms with Crippen LogP contribution < -0.4 is 16.2 Å². The first-order chi connectivity index (χ1) is 15.1. The lowest BCUT2D eigenvalue weighted by Gasteiger charge is -2.30. The maximum absolute atomic E-state index is 11.9. The Morgan fingerprint density at radius 3 is 2.71 bits per heavy atom. The third-order valence-corrected chi connectivity index (χ3v) is 6.08. The van der Waals surface area contributed by atoms with Crippen LogP contribution in [0.3, 0.4) is 0 Å². The predicted molar refractivity (Wildman–Crippen MR) is 112 cm³/mol. The van der Waals surface area contributed by atoms with E-state index < -0.39 is 5.41 Å². The molecule has 0 unspecified atom stereocenters. The molecule has 2 saturated carbocycles. The Morgan fingerprint density at radius 1 is 1.19 bits per heavy atom. The van der Waals surface area contributed by atoms with E-state index in [2.05, 4.69) is 36.9 Å². The van der Waals surface area contributed by atoms with Crippen LogP contribution in [0.4, 0.5) is 11.8 Å². The highest BCUT2D eigenvalue weighted by Gasteiger charge is 2.44. The second-order valence-corrected chi connectivity index (χ2v) is 8.14. The second-order valence-electron chi connectivity index (χ2n) is 8.14. The fraction of sp³-hybridized carbons (Fsp3) is 0.429. The van der Waals surface area contributed by atoms with Gasteiger partial charge in [0.2, 0.25) is 5.89 Å². The van der Waals surface area contributed by atoms with Crippen molar-refractivity contribution in [3.63, 3.8) is 0 Å². The fourth-order valence-corrected chi connectivity index (χ4v) is 4.16. The number of hydrogen-bond donors (Lipinski definition) is 2. The maximum atomic E-state index is 11.9. The number of nitrogens with zero attached hydrogens (tertiary/aromatic N) is 6. The Bertz CT molecular complexity index is 1160. The number of pyridine rings is 1. The minimum atomic E-state index is -0.592. The van der Waals surface area contributed by atoms with E-state index in [0.717, 1.165) is 44.3 Å². The predicted octanol–water partition coefficient (Wildman–Crippen LogP) is 2.40. The van der Waals surface area contributed by atoms with Crippen molar-refractivity contribution in [2.45, 2.75) is 56.0 Å². The summed E-state index contributed by atoms with van der Waals surface area (Å²) >= 11 is 0. The molecule has 158 valence electrons. The summed E-state index contributed by atoms with van der Waals surface area (Å²) in [6.45, 7) is 0. The van der Waals surface area contributed by atoms with Crippen LogP contribution in [-0.2, 0) is 5.41 Å². The zero-order chi connectivity index (χ0) is 21.3. The average molecular weight is 418 g/mol.